The number of nitrogens with zero attached hydrogens (tertiary/aromatic N) is 2. The number of carbonyl (C=O) groups is 3. The van der Waals surface area contributed by atoms with Crippen molar-refractivity contribution in [2.45, 2.75) is 43.8 Å². The third-order valence-electron chi connectivity index (χ3n) is 6.08. The Kier molecular flexibility index (Phi) is 6.02. The molecule has 2 aliphatic heterocycles. The molecule has 3 fully saturated rings. The summed E-state index contributed by atoms with van der Waals surface area (Å²) in [6.45, 7) is 0.662. The van der Waals surface area contributed by atoms with Crippen LogP contribution < -0.4 is 10.0 Å². The third-order valence-corrected chi connectivity index (χ3v) is 6.84. The highest BCUT2D eigenvalue weighted by Crippen LogP contribution is 2.30. The number of nitrogens with one attached hydrogen (secondary N) is 2. The van der Waals surface area contributed by atoms with Gasteiger partial charge in [-0.1, -0.05) is 30.3 Å². The summed E-state index contributed by atoms with van der Waals surface area (Å²) in [6.07, 6.45) is 3.42. The van der Waals surface area contributed by atoms with Crippen LogP contribution in [0.1, 0.15) is 24.8 Å². The monoisotopic (exact) mass is 448 g/mol. The summed E-state index contributed by atoms with van der Waals surface area (Å²) in [4.78, 5) is 41.8. The quantitative estimate of drug-likeness (QED) is 0.583. The smallest absolute Gasteiger partial charge is 0.247 e. The fourth-order valence-electron chi connectivity index (χ4n) is 4.46. The summed E-state index contributed by atoms with van der Waals surface area (Å²) >= 11 is 0. The first-order valence-electron chi connectivity index (χ1n) is 10.6. The number of fused-ring (bicyclic) bond motifs is 1. The first kappa shape index (κ1) is 21.8. The second kappa shape index (κ2) is 8.58. The van der Waals surface area contributed by atoms with Crippen LogP contribution in [-0.4, -0.2) is 80.0 Å². The summed E-state index contributed by atoms with van der Waals surface area (Å²) < 4.78 is 25.8. The van der Waals surface area contributed by atoms with Gasteiger partial charge < -0.3 is 15.1 Å². The maximum absolute atomic E-state index is 13.3. The molecular formula is C21H28N4O5S. The fraction of sp³-hybridized carbons (Fsp3) is 0.571. The predicted octanol–water partition coefficient (Wildman–Crippen LogP) is -0.515. The first-order valence-corrected chi connectivity index (χ1v) is 12.5. The van der Waals surface area contributed by atoms with Gasteiger partial charge in [-0.25, -0.2) is 13.1 Å². The average Bonchev–Trinajstić information content (AvgIpc) is 3.48. The number of amides is 3. The van der Waals surface area contributed by atoms with Gasteiger partial charge in [0.1, 0.15) is 6.04 Å². The van der Waals surface area contributed by atoms with E-state index in [4.69, 9.17) is 0 Å². The largest absolute Gasteiger partial charge is 0.353 e. The van der Waals surface area contributed by atoms with Gasteiger partial charge in [0.15, 0.2) is 0 Å². The molecule has 0 radical (unpaired) electrons. The van der Waals surface area contributed by atoms with Crippen molar-refractivity contribution < 1.29 is 22.8 Å². The Bertz CT molecular complexity index is 963. The second-order valence-corrected chi connectivity index (χ2v) is 10.5. The van der Waals surface area contributed by atoms with E-state index in [1.165, 1.54) is 0 Å². The molecule has 0 unspecified atom stereocenters. The van der Waals surface area contributed by atoms with Crippen LogP contribution in [0, 0.1) is 5.92 Å². The number of rotatable bonds is 7. The van der Waals surface area contributed by atoms with Gasteiger partial charge in [-0.2, -0.15) is 0 Å². The summed E-state index contributed by atoms with van der Waals surface area (Å²) in [5, 5.41) is 2.83. The van der Waals surface area contributed by atoms with Crippen molar-refractivity contribution >= 4 is 27.7 Å². The molecule has 31 heavy (non-hydrogen) atoms. The molecule has 1 aromatic carbocycles. The Labute approximate surface area is 182 Å². The van der Waals surface area contributed by atoms with E-state index in [9.17, 15) is 22.8 Å². The molecule has 9 nitrogen and oxygen atoms in total. The topological polar surface area (TPSA) is 116 Å². The lowest BCUT2D eigenvalue weighted by molar-refractivity contribution is -0.153. The van der Waals surface area contributed by atoms with E-state index in [0.29, 0.717) is 13.0 Å². The zero-order chi connectivity index (χ0) is 22.2. The van der Waals surface area contributed by atoms with Crippen molar-refractivity contribution in [3.05, 3.63) is 35.9 Å². The summed E-state index contributed by atoms with van der Waals surface area (Å²) in [6, 6.07) is 7.90. The molecule has 0 aromatic heterocycles. The number of hydrogen-bond acceptors (Lipinski definition) is 5. The molecule has 3 atom stereocenters. The maximum Gasteiger partial charge on any atom is 0.247 e. The van der Waals surface area contributed by atoms with E-state index in [1.807, 2.05) is 30.3 Å². The SMILES string of the molecule is CS(=O)(=O)N[C@H]1C[C@H]2CN(C(=O)Cc3ccccc3)[C@@H](CNC(=O)C3CC3)C(=O)N2C1. The van der Waals surface area contributed by atoms with Crippen LogP contribution in [0.2, 0.25) is 0 Å². The maximum atomic E-state index is 13.3. The van der Waals surface area contributed by atoms with Crippen molar-refractivity contribution in [2.75, 3.05) is 25.9 Å². The molecule has 0 spiro atoms. The summed E-state index contributed by atoms with van der Waals surface area (Å²) in [5.41, 5.74) is 0.853. The molecule has 4 rings (SSSR count). The van der Waals surface area contributed by atoms with Crippen molar-refractivity contribution in [2.24, 2.45) is 5.92 Å². The van der Waals surface area contributed by atoms with Crippen molar-refractivity contribution in [3.63, 3.8) is 0 Å². The minimum Gasteiger partial charge on any atom is -0.353 e. The highest BCUT2D eigenvalue weighted by Gasteiger charge is 2.47. The van der Waals surface area contributed by atoms with Crippen molar-refractivity contribution in [1.29, 1.82) is 0 Å². The van der Waals surface area contributed by atoms with E-state index in [2.05, 4.69) is 10.0 Å². The van der Waals surface area contributed by atoms with Crippen molar-refractivity contribution in [3.8, 4) is 0 Å². The lowest BCUT2D eigenvalue weighted by atomic mass is 10.0. The van der Waals surface area contributed by atoms with E-state index in [-0.39, 0.29) is 55.2 Å². The number of sulfonamides is 1. The van der Waals surface area contributed by atoms with Crippen LogP contribution in [0.3, 0.4) is 0 Å². The molecule has 168 valence electrons. The lowest BCUT2D eigenvalue weighted by Crippen LogP contribution is -2.64. The Morgan fingerprint density at radius 2 is 1.84 bits per heavy atom. The van der Waals surface area contributed by atoms with Gasteiger partial charge in [0, 0.05) is 31.6 Å². The van der Waals surface area contributed by atoms with Gasteiger partial charge in [-0.05, 0) is 24.8 Å². The molecular weight excluding hydrogens is 420 g/mol. The van der Waals surface area contributed by atoms with E-state index in [0.717, 1.165) is 24.7 Å². The van der Waals surface area contributed by atoms with Gasteiger partial charge in [0.2, 0.25) is 27.7 Å². The lowest BCUT2D eigenvalue weighted by Gasteiger charge is -2.43. The van der Waals surface area contributed by atoms with Crippen LogP contribution >= 0.6 is 0 Å². The predicted molar refractivity (Wildman–Crippen MR) is 113 cm³/mol. The first-order chi connectivity index (χ1) is 14.7. The molecule has 2 N–H and O–H groups in total. The Morgan fingerprint density at radius 3 is 2.48 bits per heavy atom. The molecule has 1 aliphatic carbocycles. The van der Waals surface area contributed by atoms with Gasteiger partial charge in [-0.3, -0.25) is 14.4 Å². The molecule has 2 saturated heterocycles. The summed E-state index contributed by atoms with van der Waals surface area (Å²) in [7, 11) is -3.40. The van der Waals surface area contributed by atoms with Crippen molar-refractivity contribution in [1.82, 2.24) is 19.8 Å². The van der Waals surface area contributed by atoms with Gasteiger partial charge in [-0.15, -0.1) is 0 Å². The van der Waals surface area contributed by atoms with Crippen LogP contribution in [0.4, 0.5) is 0 Å². The molecule has 1 aromatic rings. The summed E-state index contributed by atoms with van der Waals surface area (Å²) in [5.74, 6) is -0.491. The zero-order valence-electron chi connectivity index (χ0n) is 17.5. The number of benzene rings is 1. The Morgan fingerprint density at radius 1 is 1.13 bits per heavy atom. The van der Waals surface area contributed by atoms with Crippen LogP contribution in [0.25, 0.3) is 0 Å². The highest BCUT2D eigenvalue weighted by atomic mass is 32.2. The second-order valence-electron chi connectivity index (χ2n) is 8.71. The Hall–Kier alpha value is -2.46. The minimum absolute atomic E-state index is 0.00930. The fourth-order valence-corrected chi connectivity index (χ4v) is 5.24. The third kappa shape index (κ3) is 5.24. The molecule has 3 amide bonds. The van der Waals surface area contributed by atoms with E-state index >= 15 is 0 Å². The van der Waals surface area contributed by atoms with Gasteiger partial charge in [0.05, 0.1) is 18.7 Å². The highest BCUT2D eigenvalue weighted by molar-refractivity contribution is 7.88. The Balaban J connectivity index is 1.51. The number of piperazine rings is 1. The average molecular weight is 449 g/mol. The van der Waals surface area contributed by atoms with E-state index < -0.39 is 16.1 Å². The number of carbonyl (C=O) groups excluding carboxylic acids is 3. The molecule has 10 heteroatoms. The molecule has 2 heterocycles. The molecule has 1 saturated carbocycles. The van der Waals surface area contributed by atoms with Gasteiger partial charge >= 0.3 is 0 Å². The van der Waals surface area contributed by atoms with E-state index in [1.54, 1.807) is 9.80 Å². The van der Waals surface area contributed by atoms with Gasteiger partial charge in [0.25, 0.3) is 0 Å². The van der Waals surface area contributed by atoms with Crippen LogP contribution in [-0.2, 0) is 30.8 Å². The normalized spacial score (nSPS) is 26.0. The van der Waals surface area contributed by atoms with Crippen LogP contribution in [0.15, 0.2) is 30.3 Å². The standard InChI is InChI=1S/C21H28N4O5S/c1-31(29,30)23-16-10-17-13-25(19(26)9-14-5-3-2-4-6-14)18(21(28)24(17)12-16)11-22-20(27)15-7-8-15/h2-6,15-18,23H,7-13H2,1H3,(H,22,27)/t16-,17-,18-/m0/s1. The minimum atomic E-state index is -3.40. The number of hydrogen-bond donors (Lipinski definition) is 2. The van der Waals surface area contributed by atoms with Crippen LogP contribution in [0.5, 0.6) is 0 Å². The zero-order valence-corrected chi connectivity index (χ0v) is 18.3. The molecule has 0 bridgehead atoms. The molecule has 3 aliphatic rings.